The highest BCUT2D eigenvalue weighted by molar-refractivity contribution is 5.86. The van der Waals surface area contributed by atoms with Crippen molar-refractivity contribution in [2.75, 3.05) is 13.6 Å². The van der Waals surface area contributed by atoms with Crippen molar-refractivity contribution in [3.63, 3.8) is 0 Å². The molecule has 1 N–H and O–H groups in total. The summed E-state index contributed by atoms with van der Waals surface area (Å²) < 4.78 is 0. The first-order valence-electron chi connectivity index (χ1n) is 6.75. The lowest BCUT2D eigenvalue weighted by Gasteiger charge is -2.46. The molecule has 18 heavy (non-hydrogen) atoms. The Morgan fingerprint density at radius 3 is 2.56 bits per heavy atom. The first-order chi connectivity index (χ1) is 8.50. The molecule has 2 aliphatic rings. The van der Waals surface area contributed by atoms with Crippen LogP contribution in [0.3, 0.4) is 0 Å². The van der Waals surface area contributed by atoms with E-state index in [2.05, 4.69) is 11.8 Å². The molecule has 0 aromatic rings. The predicted molar refractivity (Wildman–Crippen MR) is 67.2 cm³/mol. The molecule has 102 valence electrons. The molecule has 1 saturated carbocycles. The third-order valence-electron chi connectivity index (χ3n) is 4.18. The van der Waals surface area contributed by atoms with Crippen LogP contribution in [0.2, 0.25) is 0 Å². The van der Waals surface area contributed by atoms with Crippen LogP contribution in [-0.4, -0.2) is 58.5 Å². The van der Waals surface area contributed by atoms with E-state index in [0.29, 0.717) is 12.6 Å². The van der Waals surface area contributed by atoms with Crippen LogP contribution in [0.4, 0.5) is 0 Å². The summed E-state index contributed by atoms with van der Waals surface area (Å²) in [4.78, 5) is 27.0. The number of carbonyl (C=O) groups excluding carboxylic acids is 1. The van der Waals surface area contributed by atoms with Crippen LogP contribution in [0, 0.1) is 0 Å². The minimum absolute atomic E-state index is 0.0394. The van der Waals surface area contributed by atoms with Crippen LogP contribution in [0.25, 0.3) is 0 Å². The van der Waals surface area contributed by atoms with Crippen molar-refractivity contribution in [1.29, 1.82) is 0 Å². The van der Waals surface area contributed by atoms with Gasteiger partial charge >= 0.3 is 5.97 Å². The lowest BCUT2D eigenvalue weighted by Crippen LogP contribution is -2.62. The molecule has 0 bridgehead atoms. The Morgan fingerprint density at radius 1 is 1.39 bits per heavy atom. The Hall–Kier alpha value is -1.10. The fraction of sp³-hybridized carbons (Fsp3) is 0.846. The summed E-state index contributed by atoms with van der Waals surface area (Å²) >= 11 is 0. The van der Waals surface area contributed by atoms with E-state index in [1.54, 1.807) is 11.9 Å². The van der Waals surface area contributed by atoms with Crippen LogP contribution >= 0.6 is 0 Å². The highest BCUT2D eigenvalue weighted by Crippen LogP contribution is 2.30. The molecule has 1 amide bonds. The number of piperazine rings is 1. The van der Waals surface area contributed by atoms with Crippen LogP contribution in [0.1, 0.15) is 39.0 Å². The van der Waals surface area contributed by atoms with Gasteiger partial charge in [0.25, 0.3) is 0 Å². The monoisotopic (exact) mass is 254 g/mol. The summed E-state index contributed by atoms with van der Waals surface area (Å²) in [5, 5.41) is 9.02. The average Bonchev–Trinajstić information content (AvgIpc) is 2.78. The molecule has 2 unspecified atom stereocenters. The minimum atomic E-state index is -0.890. The number of nitrogens with zero attached hydrogens (tertiary/aromatic N) is 2. The van der Waals surface area contributed by atoms with Crippen LogP contribution in [0.5, 0.6) is 0 Å². The van der Waals surface area contributed by atoms with Crippen LogP contribution in [-0.2, 0) is 9.59 Å². The van der Waals surface area contributed by atoms with Gasteiger partial charge in [0.05, 0.1) is 6.42 Å². The number of carboxylic acids is 1. The minimum Gasteiger partial charge on any atom is -0.481 e. The Bertz CT molecular complexity index is 339. The van der Waals surface area contributed by atoms with E-state index in [9.17, 15) is 9.59 Å². The van der Waals surface area contributed by atoms with Gasteiger partial charge in [-0.2, -0.15) is 0 Å². The number of carbonyl (C=O) groups is 2. The lowest BCUT2D eigenvalue weighted by atomic mass is 9.99. The third kappa shape index (κ3) is 2.51. The van der Waals surface area contributed by atoms with E-state index in [1.165, 1.54) is 12.8 Å². The van der Waals surface area contributed by atoms with Crippen molar-refractivity contribution >= 4 is 11.9 Å². The van der Waals surface area contributed by atoms with Crippen molar-refractivity contribution in [3.05, 3.63) is 0 Å². The molecule has 1 saturated heterocycles. The molecular weight excluding hydrogens is 232 g/mol. The van der Waals surface area contributed by atoms with Gasteiger partial charge in [-0.05, 0) is 19.8 Å². The molecule has 1 aliphatic heterocycles. The number of amides is 1. The first-order valence-corrected chi connectivity index (χ1v) is 6.75. The van der Waals surface area contributed by atoms with Gasteiger partial charge in [0.15, 0.2) is 0 Å². The van der Waals surface area contributed by atoms with Gasteiger partial charge in [0, 0.05) is 25.7 Å². The van der Waals surface area contributed by atoms with Gasteiger partial charge in [0.2, 0.25) is 5.91 Å². The standard InChI is InChI=1S/C13H22N2O3/c1-9-8-14(2)13(18)11(7-12(16)17)15(9)10-5-3-4-6-10/h9-11H,3-8H2,1-2H3,(H,16,17). The van der Waals surface area contributed by atoms with E-state index in [4.69, 9.17) is 5.11 Å². The Morgan fingerprint density at radius 2 is 2.00 bits per heavy atom. The summed E-state index contributed by atoms with van der Waals surface area (Å²) in [5.74, 6) is -0.929. The van der Waals surface area contributed by atoms with E-state index in [-0.39, 0.29) is 18.4 Å². The quantitative estimate of drug-likeness (QED) is 0.814. The summed E-state index contributed by atoms with van der Waals surface area (Å²) in [7, 11) is 1.76. The molecule has 2 atom stereocenters. The molecular formula is C13H22N2O3. The van der Waals surface area contributed by atoms with E-state index in [0.717, 1.165) is 12.8 Å². The topological polar surface area (TPSA) is 60.9 Å². The van der Waals surface area contributed by atoms with Crippen molar-refractivity contribution in [3.8, 4) is 0 Å². The van der Waals surface area contributed by atoms with Crippen molar-refractivity contribution in [1.82, 2.24) is 9.80 Å². The highest BCUT2D eigenvalue weighted by atomic mass is 16.4. The number of aliphatic carboxylic acids is 1. The first kappa shape index (κ1) is 13.3. The van der Waals surface area contributed by atoms with Crippen molar-refractivity contribution < 1.29 is 14.7 Å². The summed E-state index contributed by atoms with van der Waals surface area (Å²) in [6.07, 6.45) is 4.49. The highest BCUT2D eigenvalue weighted by Gasteiger charge is 2.42. The molecule has 0 spiro atoms. The largest absolute Gasteiger partial charge is 0.481 e. The molecule has 0 aromatic carbocycles. The predicted octanol–water partition coefficient (Wildman–Crippen LogP) is 0.935. The number of hydrogen-bond acceptors (Lipinski definition) is 3. The van der Waals surface area contributed by atoms with E-state index in [1.807, 2.05) is 0 Å². The Kier molecular flexibility index (Phi) is 3.90. The summed E-state index contributed by atoms with van der Waals surface area (Å²) in [6, 6.07) is 0.168. The van der Waals surface area contributed by atoms with Crippen LogP contribution in [0.15, 0.2) is 0 Å². The zero-order chi connectivity index (χ0) is 13.3. The molecule has 5 heteroatoms. The Labute approximate surface area is 108 Å². The maximum atomic E-state index is 12.2. The number of hydrogen-bond donors (Lipinski definition) is 1. The van der Waals surface area contributed by atoms with E-state index >= 15 is 0 Å². The maximum absolute atomic E-state index is 12.2. The van der Waals surface area contributed by atoms with Crippen LogP contribution < -0.4 is 0 Å². The van der Waals surface area contributed by atoms with Gasteiger partial charge < -0.3 is 10.0 Å². The number of rotatable bonds is 3. The number of carboxylic acid groups (broad SMARTS) is 1. The third-order valence-corrected chi connectivity index (χ3v) is 4.18. The van der Waals surface area contributed by atoms with Gasteiger partial charge in [-0.3, -0.25) is 14.5 Å². The second kappa shape index (κ2) is 5.26. The average molecular weight is 254 g/mol. The molecule has 0 aromatic heterocycles. The van der Waals surface area contributed by atoms with E-state index < -0.39 is 12.0 Å². The molecule has 1 aliphatic carbocycles. The maximum Gasteiger partial charge on any atom is 0.305 e. The molecule has 5 nitrogen and oxygen atoms in total. The fourth-order valence-corrected chi connectivity index (χ4v) is 3.44. The zero-order valence-corrected chi connectivity index (χ0v) is 11.1. The number of likely N-dealkylation sites (N-methyl/N-ethyl adjacent to an activating group) is 1. The smallest absolute Gasteiger partial charge is 0.305 e. The fourth-order valence-electron chi connectivity index (χ4n) is 3.44. The molecule has 1 heterocycles. The summed E-state index contributed by atoms with van der Waals surface area (Å²) in [5.41, 5.74) is 0. The summed E-state index contributed by atoms with van der Waals surface area (Å²) in [6.45, 7) is 2.79. The molecule has 2 fully saturated rings. The van der Waals surface area contributed by atoms with Crippen molar-refractivity contribution in [2.24, 2.45) is 0 Å². The van der Waals surface area contributed by atoms with Crippen molar-refractivity contribution in [2.45, 2.75) is 57.2 Å². The Balaban J connectivity index is 2.19. The normalized spacial score (nSPS) is 31.0. The molecule has 2 rings (SSSR count). The van der Waals surface area contributed by atoms with Gasteiger partial charge in [-0.15, -0.1) is 0 Å². The van der Waals surface area contributed by atoms with Gasteiger partial charge in [-0.25, -0.2) is 0 Å². The second-order valence-corrected chi connectivity index (χ2v) is 5.57. The molecule has 0 radical (unpaired) electrons. The SMILES string of the molecule is CC1CN(C)C(=O)C(CC(=O)O)N1C1CCCC1. The lowest BCUT2D eigenvalue weighted by molar-refractivity contribution is -0.152. The second-order valence-electron chi connectivity index (χ2n) is 5.57. The van der Waals surface area contributed by atoms with Gasteiger partial charge in [-0.1, -0.05) is 12.8 Å². The zero-order valence-electron chi connectivity index (χ0n) is 11.1. The van der Waals surface area contributed by atoms with Gasteiger partial charge in [0.1, 0.15) is 6.04 Å².